The highest BCUT2D eigenvalue weighted by Gasteiger charge is 2.51. The number of allylic oxidation sites excluding steroid dienone is 2. The van der Waals surface area contributed by atoms with Gasteiger partial charge >= 0.3 is 0 Å². The third-order valence-corrected chi connectivity index (χ3v) is 5.85. The number of ether oxygens (including phenoxy) is 2. The van der Waals surface area contributed by atoms with Gasteiger partial charge in [-0.2, -0.15) is 0 Å². The molecule has 8 nitrogen and oxygen atoms in total. The first-order valence-corrected chi connectivity index (χ1v) is 11.1. The summed E-state index contributed by atoms with van der Waals surface area (Å²) < 4.78 is 37.3. The molecule has 3 atom stereocenters. The van der Waals surface area contributed by atoms with Gasteiger partial charge in [0.05, 0.1) is 5.57 Å². The minimum absolute atomic E-state index is 0.0813. The van der Waals surface area contributed by atoms with Crippen LogP contribution in [0.2, 0.25) is 0 Å². The molecule has 3 rings (SSSR count). The average molecular weight is 467 g/mol. The summed E-state index contributed by atoms with van der Waals surface area (Å²) in [5.74, 6) is -2.43. The first-order chi connectivity index (χ1) is 15.4. The second kappa shape index (κ2) is 9.74. The Labute approximate surface area is 193 Å². The van der Waals surface area contributed by atoms with Gasteiger partial charge in [-0.15, -0.1) is 0 Å². The molecule has 2 aliphatic rings. The zero-order valence-corrected chi connectivity index (χ0v) is 20.0. The fourth-order valence-electron chi connectivity index (χ4n) is 3.74. The van der Waals surface area contributed by atoms with Gasteiger partial charge < -0.3 is 20.1 Å². The zero-order chi connectivity index (χ0) is 24.5. The summed E-state index contributed by atoms with van der Waals surface area (Å²) in [6, 6.07) is 1.84. The number of epoxide rings is 1. The molecule has 0 bridgehead atoms. The van der Waals surface area contributed by atoms with E-state index in [9.17, 15) is 13.6 Å². The minimum Gasteiger partial charge on any atom is -0.445 e. The Morgan fingerprint density at radius 1 is 1.45 bits per heavy atom. The van der Waals surface area contributed by atoms with Crippen LogP contribution in [0.3, 0.4) is 0 Å². The second-order valence-electron chi connectivity index (χ2n) is 8.98. The Balaban J connectivity index is 1.82. The lowest BCUT2D eigenvalue weighted by atomic mass is 9.98. The maximum Gasteiger partial charge on any atom is 0.289 e. The number of likely N-dealkylation sites (N-methyl/N-ethyl adjacent to an activating group) is 1. The van der Waals surface area contributed by atoms with E-state index >= 15 is 0 Å². The molecule has 0 radical (unpaired) electrons. The fraction of sp³-hybridized carbons (Fsp3) is 0.565. The monoisotopic (exact) mass is 466 g/mol. The highest BCUT2D eigenvalue weighted by atomic mass is 19.3. The van der Waals surface area contributed by atoms with Gasteiger partial charge in [0, 0.05) is 49.9 Å². The van der Waals surface area contributed by atoms with Crippen molar-refractivity contribution in [2.75, 3.05) is 19.0 Å². The predicted molar refractivity (Wildman–Crippen MR) is 120 cm³/mol. The lowest BCUT2D eigenvalue weighted by Gasteiger charge is -2.33. The average Bonchev–Trinajstić information content (AvgIpc) is 3.55. The highest BCUT2D eigenvalue weighted by molar-refractivity contribution is 5.92. The summed E-state index contributed by atoms with van der Waals surface area (Å²) in [4.78, 5) is 18.9. The molecule has 5 N–H and O–H groups in total. The van der Waals surface area contributed by atoms with Crippen molar-refractivity contribution < 1.29 is 28.8 Å². The van der Waals surface area contributed by atoms with Crippen molar-refractivity contribution in [3.8, 4) is 0 Å². The van der Waals surface area contributed by atoms with E-state index in [4.69, 9.17) is 9.47 Å². The molecule has 1 saturated heterocycles. The van der Waals surface area contributed by atoms with Crippen LogP contribution in [0.15, 0.2) is 35.5 Å². The molecule has 1 fully saturated rings. The summed E-state index contributed by atoms with van der Waals surface area (Å²) >= 11 is 0. The van der Waals surface area contributed by atoms with Gasteiger partial charge in [-0.05, 0) is 31.6 Å². The summed E-state index contributed by atoms with van der Waals surface area (Å²) in [5.41, 5.74) is 7.25. The number of carbonyl (C=O) groups excluding carboxylic acids is 1. The third kappa shape index (κ3) is 5.87. The van der Waals surface area contributed by atoms with E-state index in [1.165, 1.54) is 0 Å². The number of hydrogen-bond donors (Lipinski definition) is 3. The van der Waals surface area contributed by atoms with Gasteiger partial charge in [0.15, 0.2) is 6.61 Å². The molecule has 0 aromatic carbocycles. The third-order valence-electron chi connectivity index (χ3n) is 5.85. The number of fused-ring (bicyclic) bond motifs is 3. The predicted octanol–water partition coefficient (Wildman–Crippen LogP) is 2.53. The van der Waals surface area contributed by atoms with Crippen LogP contribution in [0.4, 0.5) is 14.6 Å². The Morgan fingerprint density at radius 2 is 2.15 bits per heavy atom. The van der Waals surface area contributed by atoms with Gasteiger partial charge in [-0.25, -0.2) is 13.8 Å². The van der Waals surface area contributed by atoms with Crippen LogP contribution in [0.5, 0.6) is 0 Å². The number of aromatic nitrogens is 1. The molecule has 182 valence electrons. The number of nitrogens with one attached hydrogen (secondary N) is 2. The number of halogens is 2. The van der Waals surface area contributed by atoms with E-state index < -0.39 is 12.5 Å². The largest absolute Gasteiger partial charge is 0.445 e. The number of amides is 1. The van der Waals surface area contributed by atoms with Crippen molar-refractivity contribution >= 4 is 11.7 Å². The van der Waals surface area contributed by atoms with Gasteiger partial charge in [0.25, 0.3) is 11.8 Å². The quantitative estimate of drug-likeness (QED) is 0.293. The number of hydrogen-bond acceptors (Lipinski definition) is 6. The number of pyridine rings is 1. The maximum absolute atomic E-state index is 13.1. The fourth-order valence-corrected chi connectivity index (χ4v) is 3.74. The molecule has 0 aliphatic carbocycles. The zero-order valence-electron chi connectivity index (χ0n) is 20.0. The summed E-state index contributed by atoms with van der Waals surface area (Å²) in [7, 11) is 1.80. The van der Waals surface area contributed by atoms with Crippen LogP contribution in [-0.4, -0.2) is 47.6 Å². The summed E-state index contributed by atoms with van der Waals surface area (Å²) in [6.07, 6.45) is 3.37. The Hall–Kier alpha value is -2.56. The summed E-state index contributed by atoms with van der Waals surface area (Å²) in [5, 5.41) is 6.12. The van der Waals surface area contributed by atoms with E-state index in [0.29, 0.717) is 17.9 Å². The number of anilines is 1. The second-order valence-corrected chi connectivity index (χ2v) is 8.98. The molecule has 1 aromatic heterocycles. The SMILES string of the molecule is CN/C(=C\C(C)=C(/[NH3+])OCC(C)(F)F)C(C)N1Cc2c(ccnc2NC(=O)C(C)C)C2OC21. The van der Waals surface area contributed by atoms with Crippen LogP contribution in [0.25, 0.3) is 0 Å². The molecule has 1 amide bonds. The number of rotatable bonds is 9. The Morgan fingerprint density at radius 3 is 2.76 bits per heavy atom. The Bertz CT molecular complexity index is 958. The molecule has 0 saturated carbocycles. The molecule has 10 heteroatoms. The van der Waals surface area contributed by atoms with Crippen molar-refractivity contribution in [2.45, 2.75) is 65.5 Å². The summed E-state index contributed by atoms with van der Waals surface area (Å²) in [6.45, 7) is 8.09. The van der Waals surface area contributed by atoms with Crippen molar-refractivity contribution in [3.63, 3.8) is 0 Å². The van der Waals surface area contributed by atoms with Crippen molar-refractivity contribution in [1.82, 2.24) is 15.2 Å². The van der Waals surface area contributed by atoms with Crippen molar-refractivity contribution in [3.05, 3.63) is 46.6 Å². The number of carbonyl (C=O) groups is 1. The van der Waals surface area contributed by atoms with Crippen molar-refractivity contribution in [1.29, 1.82) is 0 Å². The van der Waals surface area contributed by atoms with Crippen LogP contribution in [-0.2, 0) is 20.8 Å². The van der Waals surface area contributed by atoms with Crippen LogP contribution < -0.4 is 16.4 Å². The molecular weight excluding hydrogens is 432 g/mol. The van der Waals surface area contributed by atoms with E-state index in [1.807, 2.05) is 32.9 Å². The number of quaternary nitrogens is 1. The van der Waals surface area contributed by atoms with Crippen LogP contribution in [0.1, 0.15) is 51.8 Å². The minimum atomic E-state index is -2.93. The molecule has 1 aromatic rings. The van der Waals surface area contributed by atoms with Gasteiger partial charge in [-0.1, -0.05) is 13.8 Å². The molecule has 2 aliphatic heterocycles. The van der Waals surface area contributed by atoms with Crippen LogP contribution >= 0.6 is 0 Å². The van der Waals surface area contributed by atoms with E-state index in [-0.39, 0.29) is 36.1 Å². The standard InChI is InChI=1S/C23H33F2N5O3/c1-12(2)21(31)29-20-16-10-30(22-18(33-22)15(16)7-8-28-20)14(4)17(27-6)9-13(3)19(26)32-11-23(5,24)25/h7-9,12,14,18,22,27H,10-11,26H2,1-6H3,(H,28,29,31)/p+1/b17-9-,19-13+. The van der Waals surface area contributed by atoms with Gasteiger partial charge in [0.2, 0.25) is 5.91 Å². The normalized spacial score (nSPS) is 22.2. The van der Waals surface area contributed by atoms with Gasteiger partial charge in [-0.3, -0.25) is 15.4 Å². The first-order valence-electron chi connectivity index (χ1n) is 11.1. The lowest BCUT2D eigenvalue weighted by molar-refractivity contribution is -0.363. The maximum atomic E-state index is 13.1. The smallest absolute Gasteiger partial charge is 0.289 e. The topological polar surface area (TPSA) is 107 Å². The van der Waals surface area contributed by atoms with Gasteiger partial charge in [0.1, 0.15) is 18.1 Å². The molecule has 0 spiro atoms. The van der Waals surface area contributed by atoms with Crippen LogP contribution in [0, 0.1) is 5.92 Å². The molecule has 3 heterocycles. The van der Waals surface area contributed by atoms with Crippen molar-refractivity contribution in [2.24, 2.45) is 5.92 Å². The lowest BCUT2D eigenvalue weighted by Crippen LogP contribution is -2.50. The highest BCUT2D eigenvalue weighted by Crippen LogP contribution is 2.49. The van der Waals surface area contributed by atoms with E-state index in [2.05, 4.69) is 26.3 Å². The molecule has 33 heavy (non-hydrogen) atoms. The number of nitrogens with zero attached hydrogens (tertiary/aromatic N) is 2. The molecular formula is C23H34F2N5O3+. The van der Waals surface area contributed by atoms with E-state index in [0.717, 1.165) is 23.7 Å². The van der Waals surface area contributed by atoms with E-state index in [1.54, 1.807) is 20.2 Å². The molecule has 3 unspecified atom stereocenters. The number of alkyl halides is 2. The first kappa shape index (κ1) is 25.1. The Kier molecular flexibility index (Phi) is 7.40.